The summed E-state index contributed by atoms with van der Waals surface area (Å²) in [6.07, 6.45) is 4.73. The molecular weight excluding hydrogens is 349 g/mol. The zero-order chi connectivity index (χ0) is 19.6. The molecule has 0 aliphatic heterocycles. The number of ether oxygens (including phenoxy) is 1. The molecule has 0 unspecified atom stereocenters. The van der Waals surface area contributed by atoms with Gasteiger partial charge >= 0.3 is 0 Å². The molecule has 1 fully saturated rings. The summed E-state index contributed by atoms with van der Waals surface area (Å²) < 4.78 is 27.6. The average Bonchev–Trinajstić information content (AvgIpc) is 2.61. The van der Waals surface area contributed by atoms with Crippen molar-refractivity contribution in [3.63, 3.8) is 0 Å². The third-order valence-corrected chi connectivity index (χ3v) is 5.04. The zero-order valence-corrected chi connectivity index (χ0v) is 14.3. The molecule has 5 nitrogen and oxygen atoms in total. The third-order valence-electron chi connectivity index (χ3n) is 4.29. The first kappa shape index (κ1) is 13.6. The van der Waals surface area contributed by atoms with Gasteiger partial charge in [0, 0.05) is 11.7 Å². The number of benzene rings is 1. The largest absolute Gasteiger partial charge is 0.497 e. The van der Waals surface area contributed by atoms with Gasteiger partial charge in [-0.1, -0.05) is 23.2 Å². The van der Waals surface area contributed by atoms with Crippen LogP contribution in [0.2, 0.25) is 10.0 Å². The molecule has 2 aromatic rings. The molecule has 0 bridgehead atoms. The Kier molecular flexibility index (Phi) is 4.21. The van der Waals surface area contributed by atoms with Gasteiger partial charge in [-0.15, -0.1) is 0 Å². The summed E-state index contributed by atoms with van der Waals surface area (Å²) in [4.78, 5) is 12.2. The molecule has 1 heterocycles. The Morgan fingerprint density at radius 2 is 1.96 bits per heavy atom. The second-order valence-electron chi connectivity index (χ2n) is 5.83. The fraction of sp³-hybridized carbons (Fsp3) is 0.412. The molecule has 0 atom stereocenters. The molecule has 1 aromatic heterocycles. The SMILES string of the molecule is [2H]C([2H])([2H])Oc1ccc(N[C@H]2CC[C@@H](n3ncc(Cl)c(Cl)c3=O)CC2)cc1. The zero-order valence-electron chi connectivity index (χ0n) is 15.8. The van der Waals surface area contributed by atoms with Crippen molar-refractivity contribution in [3.05, 3.63) is 50.9 Å². The van der Waals surface area contributed by atoms with Gasteiger partial charge in [0.25, 0.3) is 5.56 Å². The quantitative estimate of drug-likeness (QED) is 0.877. The normalized spacial score (nSPS) is 23.0. The first-order chi connectivity index (χ1) is 12.7. The van der Waals surface area contributed by atoms with Crippen molar-refractivity contribution in [2.24, 2.45) is 0 Å². The Bertz CT molecular complexity index is 848. The number of methoxy groups -OCH3 is 1. The average molecular weight is 371 g/mol. The molecule has 7 heteroatoms. The lowest BCUT2D eigenvalue weighted by molar-refractivity contribution is 0.304. The molecule has 0 spiro atoms. The highest BCUT2D eigenvalue weighted by Gasteiger charge is 2.24. The van der Waals surface area contributed by atoms with Crippen molar-refractivity contribution < 1.29 is 8.85 Å². The lowest BCUT2D eigenvalue weighted by Crippen LogP contribution is -2.33. The van der Waals surface area contributed by atoms with Gasteiger partial charge in [-0.2, -0.15) is 5.10 Å². The summed E-state index contributed by atoms with van der Waals surface area (Å²) in [5.41, 5.74) is 0.534. The summed E-state index contributed by atoms with van der Waals surface area (Å²) in [5.74, 6) is 0.300. The third kappa shape index (κ3) is 3.68. The van der Waals surface area contributed by atoms with Crippen LogP contribution in [-0.4, -0.2) is 22.9 Å². The number of anilines is 1. The molecule has 24 heavy (non-hydrogen) atoms. The van der Waals surface area contributed by atoms with Gasteiger partial charge < -0.3 is 10.1 Å². The van der Waals surface area contributed by atoms with Crippen molar-refractivity contribution in [1.29, 1.82) is 0 Å². The summed E-state index contributed by atoms with van der Waals surface area (Å²) in [6, 6.07) is 7.09. The molecule has 0 radical (unpaired) electrons. The minimum Gasteiger partial charge on any atom is -0.497 e. The van der Waals surface area contributed by atoms with E-state index < -0.39 is 7.04 Å². The van der Waals surface area contributed by atoms with Crippen LogP contribution < -0.4 is 15.6 Å². The van der Waals surface area contributed by atoms with Crippen LogP contribution in [0.1, 0.15) is 35.8 Å². The molecule has 3 rings (SSSR count). The van der Waals surface area contributed by atoms with Crippen LogP contribution in [0.5, 0.6) is 5.75 Å². The molecule has 1 aliphatic rings. The highest BCUT2D eigenvalue weighted by atomic mass is 35.5. The van der Waals surface area contributed by atoms with Gasteiger partial charge in [0.15, 0.2) is 0 Å². The minimum absolute atomic E-state index is 0.000350. The monoisotopic (exact) mass is 370 g/mol. The predicted molar refractivity (Wildman–Crippen MR) is 96.4 cm³/mol. The number of aromatic nitrogens is 2. The van der Waals surface area contributed by atoms with Crippen molar-refractivity contribution in [1.82, 2.24) is 9.78 Å². The maximum atomic E-state index is 12.2. The maximum Gasteiger partial charge on any atom is 0.287 e. The number of nitrogens with one attached hydrogen (secondary N) is 1. The predicted octanol–water partition coefficient (Wildman–Crippen LogP) is 4.15. The van der Waals surface area contributed by atoms with E-state index in [4.69, 9.17) is 32.1 Å². The number of halogens is 2. The van der Waals surface area contributed by atoms with Crippen LogP contribution in [0.15, 0.2) is 35.3 Å². The Morgan fingerprint density at radius 3 is 2.62 bits per heavy atom. The van der Waals surface area contributed by atoms with E-state index in [0.29, 0.717) is 5.75 Å². The van der Waals surface area contributed by atoms with E-state index in [0.717, 1.165) is 31.4 Å². The van der Waals surface area contributed by atoms with Gasteiger partial charge in [0.2, 0.25) is 0 Å². The molecule has 128 valence electrons. The topological polar surface area (TPSA) is 56.1 Å². The molecule has 0 amide bonds. The van der Waals surface area contributed by atoms with Crippen LogP contribution in [-0.2, 0) is 0 Å². The highest BCUT2D eigenvalue weighted by Crippen LogP contribution is 2.30. The van der Waals surface area contributed by atoms with Crippen molar-refractivity contribution in [2.45, 2.75) is 37.8 Å². The van der Waals surface area contributed by atoms with Crippen LogP contribution >= 0.6 is 23.2 Å². The fourth-order valence-corrected chi connectivity index (χ4v) is 3.26. The number of hydrogen-bond donors (Lipinski definition) is 1. The van der Waals surface area contributed by atoms with E-state index in [2.05, 4.69) is 10.4 Å². The number of hydrogen-bond acceptors (Lipinski definition) is 4. The minimum atomic E-state index is -2.45. The van der Waals surface area contributed by atoms with E-state index in [1.54, 1.807) is 24.3 Å². The van der Waals surface area contributed by atoms with E-state index in [1.165, 1.54) is 10.9 Å². The summed E-state index contributed by atoms with van der Waals surface area (Å²) >= 11 is 11.8. The Morgan fingerprint density at radius 1 is 1.25 bits per heavy atom. The van der Waals surface area contributed by atoms with Crippen molar-refractivity contribution in [2.75, 3.05) is 12.4 Å². The second kappa shape index (κ2) is 7.45. The molecule has 1 aliphatic carbocycles. The van der Waals surface area contributed by atoms with Crippen molar-refractivity contribution in [3.8, 4) is 5.75 Å². The lowest BCUT2D eigenvalue weighted by atomic mass is 9.91. The van der Waals surface area contributed by atoms with Crippen molar-refractivity contribution >= 4 is 28.9 Å². The number of rotatable bonds is 4. The molecule has 0 saturated heterocycles. The Labute approximate surface area is 154 Å². The van der Waals surface area contributed by atoms with E-state index in [-0.39, 0.29) is 27.7 Å². The van der Waals surface area contributed by atoms with Gasteiger partial charge in [-0.25, -0.2) is 4.68 Å². The molecule has 1 N–H and O–H groups in total. The fourth-order valence-electron chi connectivity index (χ4n) is 3.00. The summed E-state index contributed by atoms with van der Waals surface area (Å²) in [5, 5.41) is 7.72. The summed E-state index contributed by atoms with van der Waals surface area (Å²) in [6.45, 7) is 0. The Balaban J connectivity index is 1.57. The number of nitrogens with zero attached hydrogens (tertiary/aromatic N) is 2. The van der Waals surface area contributed by atoms with E-state index in [9.17, 15) is 4.79 Å². The van der Waals surface area contributed by atoms with Gasteiger partial charge in [0.05, 0.1) is 28.4 Å². The lowest BCUT2D eigenvalue weighted by Gasteiger charge is -2.30. The van der Waals surface area contributed by atoms with Crippen LogP contribution in [0.4, 0.5) is 5.69 Å². The van der Waals surface area contributed by atoms with Crippen LogP contribution in [0, 0.1) is 0 Å². The smallest absolute Gasteiger partial charge is 0.287 e. The van der Waals surface area contributed by atoms with E-state index >= 15 is 0 Å². The molecule has 1 aromatic carbocycles. The standard InChI is InChI=1S/C17H19Cl2N3O2/c1-24-14-8-4-12(5-9-14)21-11-2-6-13(7-3-11)22-17(23)16(19)15(18)10-20-22/h4-5,8-11,13,21H,2-3,6-7H2,1H3/t11-,13+/i1D3. The summed E-state index contributed by atoms with van der Waals surface area (Å²) in [7, 11) is -2.45. The molecular formula is C17H19Cl2N3O2. The first-order valence-electron chi connectivity index (χ1n) is 9.21. The van der Waals surface area contributed by atoms with Crippen LogP contribution in [0.25, 0.3) is 0 Å². The van der Waals surface area contributed by atoms with Gasteiger partial charge in [-0.05, 0) is 49.9 Å². The van der Waals surface area contributed by atoms with E-state index in [1.807, 2.05) is 0 Å². The van der Waals surface area contributed by atoms with Gasteiger partial charge in [-0.3, -0.25) is 4.79 Å². The van der Waals surface area contributed by atoms with Crippen LogP contribution in [0.3, 0.4) is 0 Å². The van der Waals surface area contributed by atoms with Gasteiger partial charge in [0.1, 0.15) is 10.8 Å². The first-order valence-corrected chi connectivity index (χ1v) is 8.47. The Hall–Kier alpha value is -1.72. The second-order valence-corrected chi connectivity index (χ2v) is 6.62. The highest BCUT2D eigenvalue weighted by molar-refractivity contribution is 6.41. The molecule has 1 saturated carbocycles. The maximum absolute atomic E-state index is 12.2.